The van der Waals surface area contributed by atoms with Gasteiger partial charge < -0.3 is 15.0 Å². The van der Waals surface area contributed by atoms with Crippen molar-refractivity contribution in [2.75, 3.05) is 30.4 Å². The van der Waals surface area contributed by atoms with E-state index in [1.54, 1.807) is 19.6 Å². The van der Waals surface area contributed by atoms with Crippen molar-refractivity contribution in [1.29, 1.82) is 0 Å². The number of ether oxygens (including phenoxy) is 1. The summed E-state index contributed by atoms with van der Waals surface area (Å²) in [5.74, 6) is 2.45. The first-order valence-electron chi connectivity index (χ1n) is 7.15. The number of anilines is 2. The predicted molar refractivity (Wildman–Crippen MR) is 81.6 cm³/mol. The molecule has 3 heterocycles. The molecular weight excluding hydrogens is 266 g/mol. The van der Waals surface area contributed by atoms with E-state index in [-0.39, 0.29) is 0 Å². The lowest BCUT2D eigenvalue weighted by Crippen LogP contribution is -2.19. The van der Waals surface area contributed by atoms with E-state index < -0.39 is 0 Å². The van der Waals surface area contributed by atoms with Crippen LogP contribution in [0.3, 0.4) is 0 Å². The maximum absolute atomic E-state index is 5.12. The Balaban J connectivity index is 1.65. The number of hydrogen-bond donors (Lipinski definition) is 1. The molecule has 1 aliphatic heterocycles. The molecule has 0 atom stereocenters. The molecule has 1 fully saturated rings. The van der Waals surface area contributed by atoms with Crippen molar-refractivity contribution >= 4 is 11.6 Å². The van der Waals surface area contributed by atoms with E-state index in [0.717, 1.165) is 30.3 Å². The lowest BCUT2D eigenvalue weighted by Gasteiger charge is -2.16. The number of pyridine rings is 1. The lowest BCUT2D eigenvalue weighted by atomic mass is 10.2. The second kappa shape index (κ2) is 6.39. The van der Waals surface area contributed by atoms with E-state index in [2.05, 4.69) is 25.2 Å². The topological polar surface area (TPSA) is 63.2 Å². The molecule has 0 spiro atoms. The van der Waals surface area contributed by atoms with Crippen LogP contribution in [-0.4, -0.2) is 35.2 Å². The molecule has 3 rings (SSSR count). The Morgan fingerprint density at radius 1 is 1.19 bits per heavy atom. The minimum atomic E-state index is 0.620. The minimum Gasteiger partial charge on any atom is -0.481 e. The van der Waals surface area contributed by atoms with Gasteiger partial charge in [-0.2, -0.15) is 0 Å². The second-order valence-corrected chi connectivity index (χ2v) is 5.02. The Morgan fingerprint density at radius 3 is 2.86 bits per heavy atom. The van der Waals surface area contributed by atoms with Crippen LogP contribution < -0.4 is 15.0 Å². The summed E-state index contributed by atoms with van der Waals surface area (Å²) in [7, 11) is 1.62. The molecule has 1 aliphatic rings. The molecule has 0 aromatic carbocycles. The Hall–Kier alpha value is -2.37. The van der Waals surface area contributed by atoms with Gasteiger partial charge in [0, 0.05) is 38.0 Å². The van der Waals surface area contributed by atoms with Gasteiger partial charge >= 0.3 is 0 Å². The molecule has 0 aliphatic carbocycles. The highest BCUT2D eigenvalue weighted by Crippen LogP contribution is 2.19. The van der Waals surface area contributed by atoms with Gasteiger partial charge in [-0.25, -0.2) is 15.0 Å². The first-order valence-corrected chi connectivity index (χ1v) is 7.15. The molecule has 21 heavy (non-hydrogen) atoms. The van der Waals surface area contributed by atoms with Crippen molar-refractivity contribution in [1.82, 2.24) is 15.0 Å². The molecule has 1 saturated heterocycles. The summed E-state index contributed by atoms with van der Waals surface area (Å²) in [6.45, 7) is 2.84. The predicted octanol–water partition coefficient (Wildman–Crippen LogP) is 2.09. The third-order valence-corrected chi connectivity index (χ3v) is 3.56. The molecule has 2 aromatic heterocycles. The van der Waals surface area contributed by atoms with Crippen molar-refractivity contribution in [3.8, 4) is 5.88 Å². The molecule has 6 heteroatoms. The minimum absolute atomic E-state index is 0.620. The molecular formula is C15H19N5O. The van der Waals surface area contributed by atoms with E-state index in [1.807, 2.05) is 18.2 Å². The molecule has 0 amide bonds. The highest BCUT2D eigenvalue weighted by atomic mass is 16.5. The average molecular weight is 285 g/mol. The highest BCUT2D eigenvalue weighted by Gasteiger charge is 2.13. The Kier molecular flexibility index (Phi) is 4.14. The van der Waals surface area contributed by atoms with E-state index in [9.17, 15) is 0 Å². The van der Waals surface area contributed by atoms with Crippen LogP contribution in [-0.2, 0) is 6.54 Å². The Bertz CT molecular complexity index is 598. The zero-order valence-electron chi connectivity index (χ0n) is 12.1. The molecule has 1 N–H and O–H groups in total. The number of nitrogens with one attached hydrogen (secondary N) is 1. The number of hydrogen-bond acceptors (Lipinski definition) is 6. The zero-order valence-corrected chi connectivity index (χ0v) is 12.1. The van der Waals surface area contributed by atoms with Crippen LogP contribution in [0.2, 0.25) is 0 Å². The van der Waals surface area contributed by atoms with Gasteiger partial charge in [0.2, 0.25) is 5.88 Å². The van der Waals surface area contributed by atoms with Gasteiger partial charge in [0.1, 0.15) is 18.0 Å². The van der Waals surface area contributed by atoms with Gasteiger partial charge in [-0.05, 0) is 24.5 Å². The quantitative estimate of drug-likeness (QED) is 0.907. The second-order valence-electron chi connectivity index (χ2n) is 5.02. The number of aromatic nitrogens is 3. The fraction of sp³-hybridized carbons (Fsp3) is 0.400. The van der Waals surface area contributed by atoms with Crippen molar-refractivity contribution in [3.05, 3.63) is 36.3 Å². The average Bonchev–Trinajstić information content (AvgIpc) is 3.08. The first-order chi connectivity index (χ1) is 10.3. The van der Waals surface area contributed by atoms with Crippen LogP contribution in [0.4, 0.5) is 11.6 Å². The molecule has 0 bridgehead atoms. The summed E-state index contributed by atoms with van der Waals surface area (Å²) in [5.41, 5.74) is 1.10. The van der Waals surface area contributed by atoms with Gasteiger partial charge in [0.15, 0.2) is 0 Å². The van der Waals surface area contributed by atoms with Crippen molar-refractivity contribution in [2.24, 2.45) is 0 Å². The number of methoxy groups -OCH3 is 1. The first kappa shape index (κ1) is 13.6. The molecule has 0 unspecified atom stereocenters. The number of rotatable bonds is 5. The van der Waals surface area contributed by atoms with Crippen LogP contribution in [0.15, 0.2) is 30.7 Å². The third kappa shape index (κ3) is 3.39. The molecule has 2 aromatic rings. The van der Waals surface area contributed by atoms with Crippen molar-refractivity contribution in [3.63, 3.8) is 0 Å². The zero-order chi connectivity index (χ0) is 14.5. The van der Waals surface area contributed by atoms with Crippen LogP contribution in [0.1, 0.15) is 18.4 Å². The van der Waals surface area contributed by atoms with E-state index in [1.165, 1.54) is 12.8 Å². The normalized spacial score (nSPS) is 14.2. The van der Waals surface area contributed by atoms with Crippen molar-refractivity contribution < 1.29 is 4.74 Å². The van der Waals surface area contributed by atoms with Crippen molar-refractivity contribution in [2.45, 2.75) is 19.4 Å². The lowest BCUT2D eigenvalue weighted by molar-refractivity contribution is 0.397. The summed E-state index contributed by atoms with van der Waals surface area (Å²) in [6.07, 6.45) is 5.84. The molecule has 0 radical (unpaired) electrons. The summed E-state index contributed by atoms with van der Waals surface area (Å²) >= 11 is 0. The standard InChI is InChI=1S/C15H19N5O/c1-21-15-8-12(4-5-16-15)10-17-13-9-14(19-11-18-13)20-6-2-3-7-20/h4-5,8-9,11H,2-3,6-7,10H2,1H3,(H,17,18,19). The van der Waals surface area contributed by atoms with E-state index >= 15 is 0 Å². The van der Waals surface area contributed by atoms with Gasteiger partial charge in [-0.15, -0.1) is 0 Å². The van der Waals surface area contributed by atoms with Gasteiger partial charge in [-0.1, -0.05) is 0 Å². The summed E-state index contributed by atoms with van der Waals surface area (Å²) < 4.78 is 5.12. The third-order valence-electron chi connectivity index (χ3n) is 3.56. The van der Waals surface area contributed by atoms with Crippen LogP contribution in [0.25, 0.3) is 0 Å². The fourth-order valence-corrected chi connectivity index (χ4v) is 2.43. The monoisotopic (exact) mass is 285 g/mol. The molecule has 6 nitrogen and oxygen atoms in total. The largest absolute Gasteiger partial charge is 0.481 e. The van der Waals surface area contributed by atoms with E-state index in [4.69, 9.17) is 4.74 Å². The molecule has 0 saturated carbocycles. The smallest absolute Gasteiger partial charge is 0.213 e. The molecule has 110 valence electrons. The summed E-state index contributed by atoms with van der Waals surface area (Å²) in [6, 6.07) is 5.87. The SMILES string of the molecule is COc1cc(CNc2cc(N3CCCC3)ncn2)ccn1. The summed E-state index contributed by atoms with van der Waals surface area (Å²) in [4.78, 5) is 15.0. The number of nitrogens with zero attached hydrogens (tertiary/aromatic N) is 4. The fourth-order valence-electron chi connectivity index (χ4n) is 2.43. The van der Waals surface area contributed by atoms with Gasteiger partial charge in [0.25, 0.3) is 0 Å². The maximum atomic E-state index is 5.12. The Morgan fingerprint density at radius 2 is 2.05 bits per heavy atom. The highest BCUT2D eigenvalue weighted by molar-refractivity contribution is 5.49. The Labute approximate surface area is 124 Å². The van der Waals surface area contributed by atoms with Crippen LogP contribution >= 0.6 is 0 Å². The summed E-state index contributed by atoms with van der Waals surface area (Å²) in [5, 5.41) is 3.32. The van der Waals surface area contributed by atoms with Crippen LogP contribution in [0.5, 0.6) is 5.88 Å². The van der Waals surface area contributed by atoms with Gasteiger partial charge in [0.05, 0.1) is 7.11 Å². The van der Waals surface area contributed by atoms with E-state index in [0.29, 0.717) is 12.4 Å². The van der Waals surface area contributed by atoms with Gasteiger partial charge in [-0.3, -0.25) is 0 Å². The van der Waals surface area contributed by atoms with Crippen LogP contribution in [0, 0.1) is 0 Å². The maximum Gasteiger partial charge on any atom is 0.213 e.